The van der Waals surface area contributed by atoms with E-state index in [9.17, 15) is 14.4 Å². The molecule has 1 aromatic rings. The summed E-state index contributed by atoms with van der Waals surface area (Å²) in [5.41, 5.74) is -0.678. The third kappa shape index (κ3) is 1.78. The molecule has 1 aliphatic carbocycles. The number of hydrogen-bond donors (Lipinski definition) is 1. The van der Waals surface area contributed by atoms with Gasteiger partial charge < -0.3 is 0 Å². The highest BCUT2D eigenvalue weighted by Crippen LogP contribution is 2.45. The molecule has 104 valence electrons. The molecule has 5 nitrogen and oxygen atoms in total. The largest absolute Gasteiger partial charge is 0.335 e. The molecule has 2 aliphatic rings. The van der Waals surface area contributed by atoms with Crippen molar-refractivity contribution in [3.8, 4) is 0 Å². The molecule has 2 fully saturated rings. The minimum atomic E-state index is -1.07. The van der Waals surface area contributed by atoms with Crippen LogP contribution in [0.25, 0.3) is 0 Å². The Labute approximate surface area is 128 Å². The Bertz CT molecular complexity index is 643. The molecule has 4 amide bonds. The molecule has 0 bridgehead atoms. The predicted octanol–water partition coefficient (Wildman–Crippen LogP) is 2.86. The van der Waals surface area contributed by atoms with Crippen LogP contribution in [0.5, 0.6) is 0 Å². The number of halogens is 2. The van der Waals surface area contributed by atoms with Gasteiger partial charge in [-0.25, -0.2) is 9.69 Å². The highest BCUT2D eigenvalue weighted by atomic mass is 79.9. The molecule has 0 atom stereocenters. The molecule has 1 saturated carbocycles. The lowest BCUT2D eigenvalue weighted by Gasteiger charge is -2.44. The van der Waals surface area contributed by atoms with Gasteiger partial charge in [0.25, 0.3) is 5.91 Å². The molecule has 0 aromatic heterocycles. The maximum Gasteiger partial charge on any atom is 0.335 e. The van der Waals surface area contributed by atoms with Crippen LogP contribution in [-0.4, -0.2) is 17.8 Å². The zero-order valence-corrected chi connectivity index (χ0v) is 12.6. The zero-order valence-electron chi connectivity index (χ0n) is 10.3. The first-order chi connectivity index (χ1) is 9.45. The Morgan fingerprint density at radius 2 is 1.95 bits per heavy atom. The van der Waals surface area contributed by atoms with Crippen LogP contribution in [0.1, 0.15) is 19.3 Å². The number of carbonyl (C=O) groups is 3. The summed E-state index contributed by atoms with van der Waals surface area (Å²) < 4.78 is 0.580. The van der Waals surface area contributed by atoms with Crippen molar-refractivity contribution in [1.29, 1.82) is 0 Å². The number of amides is 4. The van der Waals surface area contributed by atoms with Crippen molar-refractivity contribution in [2.24, 2.45) is 5.41 Å². The van der Waals surface area contributed by atoms with E-state index in [-0.39, 0.29) is 0 Å². The number of anilines is 1. The van der Waals surface area contributed by atoms with Crippen molar-refractivity contribution in [3.05, 3.63) is 27.7 Å². The number of hydrogen-bond acceptors (Lipinski definition) is 3. The summed E-state index contributed by atoms with van der Waals surface area (Å²) in [7, 11) is 0. The molecular formula is C13H10BrClN2O3. The summed E-state index contributed by atoms with van der Waals surface area (Å²) in [6.45, 7) is 0. The van der Waals surface area contributed by atoms with Crippen LogP contribution in [-0.2, 0) is 9.59 Å². The molecule has 1 aliphatic heterocycles. The number of urea groups is 1. The van der Waals surface area contributed by atoms with Crippen molar-refractivity contribution in [2.75, 3.05) is 4.90 Å². The topological polar surface area (TPSA) is 66.5 Å². The average Bonchev–Trinajstić information content (AvgIpc) is 2.31. The second-order valence-corrected chi connectivity index (χ2v) is 6.20. The van der Waals surface area contributed by atoms with Gasteiger partial charge in [0.15, 0.2) is 0 Å². The van der Waals surface area contributed by atoms with Gasteiger partial charge in [-0.05, 0) is 47.0 Å². The smallest absolute Gasteiger partial charge is 0.276 e. The Hall–Kier alpha value is -1.40. The van der Waals surface area contributed by atoms with Crippen LogP contribution in [0.15, 0.2) is 22.7 Å². The molecule has 1 heterocycles. The number of rotatable bonds is 1. The fraction of sp³-hybridized carbons (Fsp3) is 0.308. The number of carbonyl (C=O) groups excluding carboxylic acids is 3. The number of imide groups is 2. The maximum atomic E-state index is 12.5. The lowest BCUT2D eigenvalue weighted by Crippen LogP contribution is -2.66. The van der Waals surface area contributed by atoms with Gasteiger partial charge in [0, 0.05) is 4.47 Å². The van der Waals surface area contributed by atoms with E-state index in [1.54, 1.807) is 18.2 Å². The average molecular weight is 358 g/mol. The first-order valence-electron chi connectivity index (χ1n) is 6.11. The Kier molecular flexibility index (Phi) is 3.10. The van der Waals surface area contributed by atoms with Gasteiger partial charge in [0.05, 0.1) is 10.7 Å². The van der Waals surface area contributed by atoms with Crippen molar-refractivity contribution < 1.29 is 14.4 Å². The molecular weight excluding hydrogens is 348 g/mol. The van der Waals surface area contributed by atoms with Crippen molar-refractivity contribution in [3.63, 3.8) is 0 Å². The van der Waals surface area contributed by atoms with Crippen LogP contribution < -0.4 is 10.2 Å². The van der Waals surface area contributed by atoms with E-state index in [2.05, 4.69) is 21.2 Å². The van der Waals surface area contributed by atoms with Crippen LogP contribution in [0.2, 0.25) is 5.02 Å². The van der Waals surface area contributed by atoms with E-state index in [0.29, 0.717) is 28.0 Å². The standard InChI is InChI=1S/C13H10BrClN2O3/c14-8-6-7(2-3-9(8)15)17-11(19)13(4-1-5-13)10(18)16-12(17)20/h2-3,6H,1,4-5H2,(H,16,18,20). The lowest BCUT2D eigenvalue weighted by atomic mass is 9.66. The molecule has 7 heteroatoms. The van der Waals surface area contributed by atoms with Crippen LogP contribution in [0, 0.1) is 5.41 Å². The zero-order chi connectivity index (χ0) is 14.5. The number of nitrogens with one attached hydrogen (secondary N) is 1. The monoisotopic (exact) mass is 356 g/mol. The van der Waals surface area contributed by atoms with Gasteiger partial charge in [-0.1, -0.05) is 18.0 Å². The maximum absolute atomic E-state index is 12.5. The van der Waals surface area contributed by atoms with E-state index < -0.39 is 23.3 Å². The number of benzene rings is 1. The predicted molar refractivity (Wildman–Crippen MR) is 76.5 cm³/mol. The second kappa shape index (κ2) is 4.56. The van der Waals surface area contributed by atoms with E-state index >= 15 is 0 Å². The van der Waals surface area contributed by atoms with E-state index in [1.807, 2.05) is 0 Å². The lowest BCUT2D eigenvalue weighted by molar-refractivity contribution is -0.148. The van der Waals surface area contributed by atoms with Gasteiger partial charge in [0.1, 0.15) is 5.41 Å². The first kappa shape index (κ1) is 13.6. The SMILES string of the molecule is O=C1NC(=O)C2(CCC2)C(=O)N1c1ccc(Cl)c(Br)c1. The highest BCUT2D eigenvalue weighted by Gasteiger charge is 2.57. The summed E-state index contributed by atoms with van der Waals surface area (Å²) in [5, 5.41) is 2.74. The summed E-state index contributed by atoms with van der Waals surface area (Å²) in [6.07, 6.45) is 1.78. The molecule has 0 unspecified atom stereocenters. The number of nitrogens with zero attached hydrogens (tertiary/aromatic N) is 1. The summed E-state index contributed by atoms with van der Waals surface area (Å²) in [5.74, 6) is -0.935. The third-order valence-electron chi connectivity index (χ3n) is 3.84. The third-order valence-corrected chi connectivity index (χ3v) is 5.05. The molecule has 1 N–H and O–H groups in total. The molecule has 3 rings (SSSR count). The summed E-state index contributed by atoms with van der Waals surface area (Å²) >= 11 is 9.16. The van der Waals surface area contributed by atoms with Gasteiger partial charge >= 0.3 is 6.03 Å². The summed E-state index contributed by atoms with van der Waals surface area (Å²) in [6, 6.07) is 4.03. The van der Waals surface area contributed by atoms with Crippen molar-refractivity contribution in [2.45, 2.75) is 19.3 Å². The second-order valence-electron chi connectivity index (χ2n) is 4.93. The molecule has 1 saturated heterocycles. The quantitative estimate of drug-likeness (QED) is 0.786. The molecule has 0 radical (unpaired) electrons. The fourth-order valence-electron chi connectivity index (χ4n) is 2.51. The minimum absolute atomic E-state index is 0.391. The normalized spacial score (nSPS) is 20.9. The first-order valence-corrected chi connectivity index (χ1v) is 7.28. The van der Waals surface area contributed by atoms with Crippen LogP contribution in [0.4, 0.5) is 10.5 Å². The van der Waals surface area contributed by atoms with Gasteiger partial charge in [0.2, 0.25) is 5.91 Å². The summed E-state index contributed by atoms with van der Waals surface area (Å²) in [4.78, 5) is 37.4. The fourth-order valence-corrected chi connectivity index (χ4v) is 2.99. The highest BCUT2D eigenvalue weighted by molar-refractivity contribution is 9.10. The van der Waals surface area contributed by atoms with Gasteiger partial charge in [-0.2, -0.15) is 0 Å². The number of barbiturate groups is 1. The van der Waals surface area contributed by atoms with E-state index in [0.717, 1.165) is 11.3 Å². The molecule has 20 heavy (non-hydrogen) atoms. The van der Waals surface area contributed by atoms with Crippen LogP contribution in [0.3, 0.4) is 0 Å². The van der Waals surface area contributed by atoms with Crippen LogP contribution >= 0.6 is 27.5 Å². The Morgan fingerprint density at radius 3 is 2.50 bits per heavy atom. The Morgan fingerprint density at radius 1 is 1.25 bits per heavy atom. The van der Waals surface area contributed by atoms with Crippen molar-refractivity contribution in [1.82, 2.24) is 5.32 Å². The van der Waals surface area contributed by atoms with Crippen molar-refractivity contribution >= 4 is 51.1 Å². The molecule has 1 aromatic carbocycles. The van der Waals surface area contributed by atoms with Gasteiger partial charge in [-0.15, -0.1) is 0 Å². The van der Waals surface area contributed by atoms with E-state index in [4.69, 9.17) is 11.6 Å². The minimum Gasteiger partial charge on any atom is -0.276 e. The molecule has 1 spiro atoms. The van der Waals surface area contributed by atoms with E-state index in [1.165, 1.54) is 0 Å². The Balaban J connectivity index is 2.03. The van der Waals surface area contributed by atoms with Gasteiger partial charge in [-0.3, -0.25) is 14.9 Å².